The van der Waals surface area contributed by atoms with E-state index in [-0.39, 0.29) is 35.0 Å². The number of H-pyrrole nitrogens is 1. The molecule has 6 aromatic rings. The van der Waals surface area contributed by atoms with Crippen molar-refractivity contribution in [1.82, 2.24) is 9.55 Å². The van der Waals surface area contributed by atoms with Gasteiger partial charge in [0.25, 0.3) is 0 Å². The summed E-state index contributed by atoms with van der Waals surface area (Å²) in [5.74, 6) is 0. The summed E-state index contributed by atoms with van der Waals surface area (Å²) in [6.45, 7) is 8.12. The summed E-state index contributed by atoms with van der Waals surface area (Å²) in [4.78, 5) is 3.38. The first kappa shape index (κ1) is 28.6. The van der Waals surface area contributed by atoms with Crippen molar-refractivity contribution in [1.29, 1.82) is 0 Å². The zero-order chi connectivity index (χ0) is 23.0. The third-order valence-electron chi connectivity index (χ3n) is 5.51. The Morgan fingerprint density at radius 2 is 1.00 bits per heavy atom. The Morgan fingerprint density at radius 1 is 0.629 bits per heavy atom. The van der Waals surface area contributed by atoms with Crippen LogP contribution in [0, 0.1) is 0 Å². The van der Waals surface area contributed by atoms with Gasteiger partial charge in [-0.25, -0.2) is 0 Å². The molecule has 0 aliphatic heterocycles. The minimum atomic E-state index is 0. The number of fused-ring (bicyclic) bond motifs is 6. The predicted molar refractivity (Wildman–Crippen MR) is 151 cm³/mol. The Balaban J connectivity index is 0.000000207. The van der Waals surface area contributed by atoms with E-state index in [9.17, 15) is 0 Å². The van der Waals surface area contributed by atoms with E-state index >= 15 is 0 Å². The van der Waals surface area contributed by atoms with Crippen LogP contribution in [0.2, 0.25) is 0 Å². The van der Waals surface area contributed by atoms with Gasteiger partial charge in [0.05, 0.1) is 0 Å². The normalized spacial score (nSPS) is 9.86. The van der Waals surface area contributed by atoms with Gasteiger partial charge in [-0.3, -0.25) is 0 Å². The van der Waals surface area contributed by atoms with Crippen molar-refractivity contribution in [2.24, 2.45) is 0 Å². The molecule has 2 heterocycles. The number of halogens is 1. The monoisotopic (exact) mass is 534 g/mol. The topological polar surface area (TPSA) is 50.7 Å². The molecule has 0 amide bonds. The third kappa shape index (κ3) is 6.35. The maximum atomic E-state index is 3.83. The second-order valence-electron chi connectivity index (χ2n) is 7.59. The molecule has 0 unspecified atom stereocenters. The molecule has 2 N–H and O–H groups in total. The number of allylic oxidation sites excluding steroid dienone is 2. The zero-order valence-electron chi connectivity index (χ0n) is 20.0. The average Bonchev–Trinajstić information content (AvgIpc) is 3.41. The number of para-hydroxylation sites is 4. The number of rotatable bonds is 3. The van der Waals surface area contributed by atoms with Crippen LogP contribution in [0.3, 0.4) is 0 Å². The van der Waals surface area contributed by atoms with Gasteiger partial charge in [-0.15, -0.1) is 13.2 Å². The van der Waals surface area contributed by atoms with Crippen LogP contribution in [0.1, 0.15) is 0 Å². The Bertz CT molecular complexity index is 1430. The SMILES string of the molecule is C=CCBr.C=CCn1c2ccccc2c2ccccc21.[Na+].[OH-].c1ccc2c(c1)[nH]c1ccccc12. The molecule has 6 rings (SSSR count). The standard InChI is InChI=1S/C15H13N.C12H9N.C3H5Br.Na.H2O/c1-2-11-16-14-9-5-3-7-12(14)13-8-4-6-10-15(13)16;1-3-7-11-9(5-1)10-6-2-4-8-12(10)13-11;1-2-3-4;;/h2-10H,1,11H2;1-8,13H;2H,1,3H2;;1H2/q;;;+1;/p-1. The van der Waals surface area contributed by atoms with Crippen molar-refractivity contribution in [3.05, 3.63) is 122 Å². The minimum Gasteiger partial charge on any atom is -0.870 e. The molecule has 0 saturated carbocycles. The molecule has 3 nitrogen and oxygen atoms in total. The maximum absolute atomic E-state index is 3.83. The molecular weight excluding hydrogens is 507 g/mol. The molecular formula is C30H28BrN2NaO. The molecule has 0 atom stereocenters. The summed E-state index contributed by atoms with van der Waals surface area (Å²) in [5.41, 5.74) is 4.99. The van der Waals surface area contributed by atoms with E-state index < -0.39 is 0 Å². The largest absolute Gasteiger partial charge is 1.00 e. The maximum Gasteiger partial charge on any atom is 1.00 e. The van der Waals surface area contributed by atoms with Gasteiger partial charge in [0.15, 0.2) is 0 Å². The van der Waals surface area contributed by atoms with Gasteiger partial charge < -0.3 is 15.0 Å². The van der Waals surface area contributed by atoms with Crippen LogP contribution in [-0.4, -0.2) is 20.4 Å². The van der Waals surface area contributed by atoms with Crippen LogP contribution in [0.5, 0.6) is 0 Å². The summed E-state index contributed by atoms with van der Waals surface area (Å²) in [7, 11) is 0. The molecule has 4 aromatic carbocycles. The van der Waals surface area contributed by atoms with Crippen molar-refractivity contribution in [2.45, 2.75) is 6.54 Å². The fourth-order valence-corrected chi connectivity index (χ4v) is 4.13. The molecule has 0 spiro atoms. The number of benzene rings is 4. The molecule has 0 radical (unpaired) electrons. The molecule has 0 aliphatic rings. The Morgan fingerprint density at radius 3 is 1.40 bits per heavy atom. The summed E-state index contributed by atoms with van der Waals surface area (Å²) in [5, 5.41) is 6.14. The second-order valence-corrected chi connectivity index (χ2v) is 8.24. The van der Waals surface area contributed by atoms with E-state index in [1.54, 1.807) is 6.08 Å². The minimum absolute atomic E-state index is 0. The van der Waals surface area contributed by atoms with Crippen molar-refractivity contribution >= 4 is 59.5 Å². The molecule has 35 heavy (non-hydrogen) atoms. The summed E-state index contributed by atoms with van der Waals surface area (Å²) in [6.07, 6.45) is 3.74. The first-order chi connectivity index (χ1) is 16.3. The number of nitrogens with one attached hydrogen (secondary N) is 1. The summed E-state index contributed by atoms with van der Waals surface area (Å²) < 4.78 is 2.30. The number of alkyl halides is 1. The van der Waals surface area contributed by atoms with Gasteiger partial charge in [-0.1, -0.05) is 101 Å². The van der Waals surface area contributed by atoms with Crippen molar-refractivity contribution in [3.8, 4) is 0 Å². The predicted octanol–water partition coefficient (Wildman–Crippen LogP) is 5.70. The second kappa shape index (κ2) is 14.1. The molecule has 5 heteroatoms. The van der Waals surface area contributed by atoms with Gasteiger partial charge in [0.1, 0.15) is 0 Å². The van der Waals surface area contributed by atoms with Gasteiger partial charge in [-0.2, -0.15) is 0 Å². The summed E-state index contributed by atoms with van der Waals surface area (Å²) in [6, 6.07) is 33.8. The third-order valence-corrected chi connectivity index (χ3v) is 5.97. The number of aromatic amines is 1. The quantitative estimate of drug-likeness (QED) is 0.177. The fraction of sp³-hybridized carbons (Fsp3) is 0.0667. The van der Waals surface area contributed by atoms with Crippen LogP contribution >= 0.6 is 15.9 Å². The van der Waals surface area contributed by atoms with Crippen molar-refractivity contribution in [3.63, 3.8) is 0 Å². The average molecular weight is 535 g/mol. The van der Waals surface area contributed by atoms with Crippen LogP contribution in [0.25, 0.3) is 43.6 Å². The first-order valence-electron chi connectivity index (χ1n) is 11.0. The number of hydrogen-bond acceptors (Lipinski definition) is 1. The molecule has 0 bridgehead atoms. The van der Waals surface area contributed by atoms with E-state index in [1.165, 1.54) is 43.6 Å². The first-order valence-corrected chi connectivity index (χ1v) is 12.1. The van der Waals surface area contributed by atoms with Gasteiger partial charge in [0, 0.05) is 55.5 Å². The Hall–Kier alpha value is -2.60. The van der Waals surface area contributed by atoms with Gasteiger partial charge >= 0.3 is 29.6 Å². The Labute approximate surface area is 236 Å². The van der Waals surface area contributed by atoms with Crippen molar-refractivity contribution < 1.29 is 35.0 Å². The van der Waals surface area contributed by atoms with Crippen LogP contribution in [0.4, 0.5) is 0 Å². The van der Waals surface area contributed by atoms with E-state index in [0.29, 0.717) is 0 Å². The smallest absolute Gasteiger partial charge is 0.870 e. The molecule has 2 aromatic heterocycles. The van der Waals surface area contributed by atoms with E-state index in [2.05, 4.69) is 136 Å². The molecule has 0 aliphatic carbocycles. The van der Waals surface area contributed by atoms with Gasteiger partial charge in [-0.05, 0) is 24.3 Å². The fourth-order valence-electron chi connectivity index (χ4n) is 4.13. The van der Waals surface area contributed by atoms with E-state index in [4.69, 9.17) is 0 Å². The number of hydrogen-bond donors (Lipinski definition) is 1. The van der Waals surface area contributed by atoms with Gasteiger partial charge in [0.2, 0.25) is 0 Å². The number of aromatic nitrogens is 2. The van der Waals surface area contributed by atoms with Crippen LogP contribution in [-0.2, 0) is 6.54 Å². The molecule has 0 saturated heterocycles. The molecule has 0 fully saturated rings. The van der Waals surface area contributed by atoms with E-state index in [0.717, 1.165) is 11.9 Å². The van der Waals surface area contributed by atoms with E-state index in [1.807, 2.05) is 6.08 Å². The van der Waals surface area contributed by atoms with Crippen molar-refractivity contribution in [2.75, 3.05) is 5.33 Å². The molecule has 172 valence electrons. The zero-order valence-corrected chi connectivity index (χ0v) is 23.6. The number of nitrogens with zero attached hydrogens (tertiary/aromatic N) is 1. The van der Waals surface area contributed by atoms with Crippen LogP contribution < -0.4 is 29.6 Å². The van der Waals surface area contributed by atoms with Crippen LogP contribution in [0.15, 0.2) is 122 Å². The summed E-state index contributed by atoms with van der Waals surface area (Å²) >= 11 is 3.13. The Kier molecular flexibility index (Phi) is 11.5.